The molecule has 3 aliphatic heterocycles. The van der Waals surface area contributed by atoms with Crippen molar-refractivity contribution in [1.82, 2.24) is 15.2 Å². The van der Waals surface area contributed by atoms with E-state index in [1.807, 2.05) is 24.3 Å². The van der Waals surface area contributed by atoms with Crippen molar-refractivity contribution in [3.05, 3.63) is 127 Å². The van der Waals surface area contributed by atoms with E-state index in [-0.39, 0.29) is 97.9 Å². The molecule has 3 saturated heterocycles. The zero-order chi connectivity index (χ0) is 46.2. The van der Waals surface area contributed by atoms with Gasteiger partial charge < -0.3 is 7.43 Å². The van der Waals surface area contributed by atoms with Gasteiger partial charge in [-0.05, 0) is 0 Å². The first kappa shape index (κ1) is 55.5. The van der Waals surface area contributed by atoms with Crippen molar-refractivity contribution in [3.8, 4) is 0 Å². The van der Waals surface area contributed by atoms with Crippen LogP contribution in [0, 0.1) is 7.43 Å². The average molecular weight is 1280 g/mol. The normalized spacial score (nSPS) is 13.4. The van der Waals surface area contributed by atoms with E-state index in [0.29, 0.717) is 21.3 Å². The van der Waals surface area contributed by atoms with Crippen LogP contribution in [0.15, 0.2) is 97.1 Å². The van der Waals surface area contributed by atoms with Crippen LogP contribution in [0.4, 0.5) is 0 Å². The molecule has 23 heteroatoms. The second kappa shape index (κ2) is 27.0. The molecule has 0 atom stereocenters. The van der Waals surface area contributed by atoms with E-state index in [0.717, 1.165) is 6.14 Å². The van der Waals surface area contributed by atoms with Gasteiger partial charge in [0.25, 0.3) is 11.8 Å². The van der Waals surface area contributed by atoms with Gasteiger partial charge in [0, 0.05) is 12.8 Å². The van der Waals surface area contributed by atoms with Crippen LogP contribution in [0.3, 0.4) is 0 Å². The Bertz CT molecular complexity index is 2260. The summed E-state index contributed by atoms with van der Waals surface area (Å²) in [5.74, 6) is -6.55. The third-order valence-electron chi connectivity index (χ3n) is 8.98. The van der Waals surface area contributed by atoms with Crippen molar-refractivity contribution in [2.75, 3.05) is 0 Å². The zero-order valence-corrected chi connectivity index (χ0v) is 47.8. The van der Waals surface area contributed by atoms with Crippen molar-refractivity contribution >= 4 is 77.8 Å². The Hall–Kier alpha value is -5.61. The Morgan fingerprint density at radius 1 is 0.446 bits per heavy atom. The van der Waals surface area contributed by atoms with Crippen LogP contribution in [0.25, 0.3) is 0 Å². The molecule has 4 aromatic carbocycles. The number of nitrogens with zero attached hydrogens (tertiary/aromatic N) is 3. The molecule has 0 aromatic heterocycles. The van der Waals surface area contributed by atoms with E-state index < -0.39 is 108 Å². The first-order valence-corrected chi connectivity index (χ1v) is 29.5. The molecule has 6 amide bonds. The van der Waals surface area contributed by atoms with Crippen LogP contribution in [-0.2, 0) is 97.2 Å². The number of amides is 6. The summed E-state index contributed by atoms with van der Waals surface area (Å²) >= 11 is -3.29. The molecular formula is C42H34Hg2N3NaO17. The molecule has 0 saturated carbocycles. The monoisotopic (exact) mass is 1280 g/mol. The van der Waals surface area contributed by atoms with Crippen molar-refractivity contribution in [2.45, 2.75) is 38.5 Å². The summed E-state index contributed by atoms with van der Waals surface area (Å²) in [4.78, 5) is 139. The van der Waals surface area contributed by atoms with Gasteiger partial charge in [0.05, 0.1) is 0 Å². The maximum absolute atomic E-state index is 12.2. The van der Waals surface area contributed by atoms with Gasteiger partial charge in [-0.25, -0.2) is 0 Å². The Morgan fingerprint density at radius 3 is 0.862 bits per heavy atom. The summed E-state index contributed by atoms with van der Waals surface area (Å²) in [6.45, 7) is 0. The van der Waals surface area contributed by atoms with E-state index >= 15 is 0 Å². The fourth-order valence-corrected chi connectivity index (χ4v) is 16.7. The molecule has 3 fully saturated rings. The standard InChI is InChI=1S/2C11H8NO4.2C7H5O2.C4H5NO3.CO2.CH3.2Hg.Na/c2*13-9-6-7-10(14)12(9)16-11(15)8-4-2-1-3-5-8;2*8-7(9)6-4-2-1-3-5-6;6-3-1-2-4(7)5(3)8;2-1-3;;;;/h2*2-5H,6-7H2;2*2-5H,(H,8,9);8H,1-2H2;;1H3;;;/q;;;;;;-1;;;+1. The number of hydrogen-bond acceptors (Lipinski definition) is 15. The van der Waals surface area contributed by atoms with Crippen LogP contribution < -0.4 is 41.8 Å². The smallest absolute Gasteiger partial charge is 0.358 e. The van der Waals surface area contributed by atoms with Crippen molar-refractivity contribution in [3.63, 3.8) is 0 Å². The molecule has 3 aliphatic rings. The number of carbonyl (C=O) groups excluding carboxylic acids is 10. The molecule has 20 nitrogen and oxygen atoms in total. The van der Waals surface area contributed by atoms with Crippen molar-refractivity contribution in [2.24, 2.45) is 0 Å². The summed E-state index contributed by atoms with van der Waals surface area (Å²) in [5, 5.41) is 27.2. The number of carboxylic acids is 2. The number of carbonyl (C=O) groups is 10. The van der Waals surface area contributed by atoms with E-state index in [9.17, 15) is 47.9 Å². The second-order valence-corrected chi connectivity index (χ2v) is 28.8. The first-order chi connectivity index (χ1) is 30.0. The minimum Gasteiger partial charge on any atom is -0.358 e. The van der Waals surface area contributed by atoms with E-state index in [1.54, 1.807) is 72.8 Å². The Kier molecular flexibility index (Phi) is 23.1. The predicted octanol–water partition coefficient (Wildman–Crippen LogP) is -2.33. The number of carboxylic acid groups (broad SMARTS) is 2. The third kappa shape index (κ3) is 16.7. The minimum absolute atomic E-state index is 0. The van der Waals surface area contributed by atoms with E-state index in [4.69, 9.17) is 34.7 Å². The van der Waals surface area contributed by atoms with Gasteiger partial charge >= 0.3 is 358 Å². The summed E-state index contributed by atoms with van der Waals surface area (Å²) in [6.07, 6.45) is 0.677. The largest absolute Gasteiger partial charge is 1.00 e. The van der Waals surface area contributed by atoms with Gasteiger partial charge in [-0.3, -0.25) is 14.8 Å². The first-order valence-electron chi connectivity index (χ1n) is 18.5. The molecule has 324 valence electrons. The molecule has 0 aliphatic carbocycles. The number of aromatic carboxylic acids is 2. The molecule has 65 heavy (non-hydrogen) atoms. The summed E-state index contributed by atoms with van der Waals surface area (Å²) in [7, 11) is 0. The fourth-order valence-electron chi connectivity index (χ4n) is 5.67. The van der Waals surface area contributed by atoms with Crippen molar-refractivity contribution < 1.29 is 161 Å². The van der Waals surface area contributed by atoms with Gasteiger partial charge in [0.1, 0.15) is 0 Å². The minimum atomic E-state index is -1.79. The number of hydrogen-bond donors (Lipinski definition) is 3. The molecule has 0 unspecified atom stereocenters. The maximum Gasteiger partial charge on any atom is 1.00 e. The predicted molar refractivity (Wildman–Crippen MR) is 206 cm³/mol. The summed E-state index contributed by atoms with van der Waals surface area (Å²) < 4.78 is 4.58. The molecular weight excluding hydrogens is 1240 g/mol. The van der Waals surface area contributed by atoms with Crippen LogP contribution in [-0.4, -0.2) is 96.1 Å². The summed E-state index contributed by atoms with van der Waals surface area (Å²) in [6, 6.07) is 27.4. The Balaban J connectivity index is 0.000000381. The van der Waals surface area contributed by atoms with E-state index in [2.05, 4.69) is 0 Å². The number of rotatable bonds is 10. The molecule has 0 bridgehead atoms. The summed E-state index contributed by atoms with van der Waals surface area (Å²) in [5.41, 5.74) is 1.03. The quantitative estimate of drug-likeness (QED) is 0.0650. The van der Waals surface area contributed by atoms with Gasteiger partial charge in [0.15, 0.2) is 0 Å². The topological polar surface area (TPSA) is 294 Å². The average Bonchev–Trinajstić information content (AvgIpc) is 3.88. The molecule has 0 spiro atoms. The maximum atomic E-state index is 12.2. The van der Waals surface area contributed by atoms with Gasteiger partial charge in [-0.1, -0.05) is 0 Å². The van der Waals surface area contributed by atoms with Gasteiger partial charge in [0.2, 0.25) is 0 Å². The van der Waals surface area contributed by atoms with Crippen LogP contribution in [0.5, 0.6) is 0 Å². The molecule has 4 aromatic rings. The van der Waals surface area contributed by atoms with Crippen LogP contribution in [0.2, 0.25) is 0 Å². The molecule has 0 radical (unpaired) electrons. The van der Waals surface area contributed by atoms with E-state index in [1.165, 1.54) is 6.14 Å². The molecule has 3 N–H and O–H groups in total. The van der Waals surface area contributed by atoms with Crippen molar-refractivity contribution in [1.29, 1.82) is 0 Å². The molecule has 7 rings (SSSR count). The zero-order valence-electron chi connectivity index (χ0n) is 34.8. The fraction of sp³-hybridized carbons (Fsp3) is 0.143. The van der Waals surface area contributed by atoms with Crippen LogP contribution >= 0.6 is 0 Å². The number of imide groups is 3. The second-order valence-electron chi connectivity index (χ2n) is 13.4. The third-order valence-corrected chi connectivity index (χ3v) is 22.7. The van der Waals surface area contributed by atoms with Gasteiger partial charge in [-0.15, -0.1) is 0 Å². The van der Waals surface area contributed by atoms with Crippen LogP contribution in [0.1, 0.15) is 80.0 Å². The SMILES string of the molecule is O=C(O)c1cc[c]([Hg][c]2ccc(C(=O)O)cc2)cc1.O=C(ON1C(=O)CCC1=O)c1cc[c]([Hg][c]2ccc(C(=O)ON3C(=O)CCC3=O)cc2)cc1.O=C1CCC(=O)N1O.O=C=O.[CH3-].[Na+]. The number of benzene rings is 4. The Morgan fingerprint density at radius 2 is 0.662 bits per heavy atom. The molecule has 3 heterocycles. The number of hydroxylamine groups is 6. The Labute approximate surface area is 415 Å². The van der Waals surface area contributed by atoms with Gasteiger partial charge in [-0.2, -0.15) is 14.7 Å².